The maximum absolute atomic E-state index is 12.4. The zero-order valence-electron chi connectivity index (χ0n) is 17.2. The molecule has 11 heteroatoms. The number of hydrogen-bond acceptors (Lipinski definition) is 8. The lowest BCUT2D eigenvalue weighted by molar-refractivity contribution is -0.384. The van der Waals surface area contributed by atoms with Gasteiger partial charge in [-0.15, -0.1) is 0 Å². The summed E-state index contributed by atoms with van der Waals surface area (Å²) in [7, 11) is 1.14. The van der Waals surface area contributed by atoms with Gasteiger partial charge in [0.2, 0.25) is 5.95 Å². The molecule has 0 unspecified atom stereocenters. The molecule has 0 atom stereocenters. The van der Waals surface area contributed by atoms with Gasteiger partial charge in [-0.2, -0.15) is 4.98 Å². The Morgan fingerprint density at radius 1 is 1.16 bits per heavy atom. The van der Waals surface area contributed by atoms with Crippen LogP contribution in [0.25, 0.3) is 0 Å². The minimum Gasteiger partial charge on any atom is -0.369 e. The molecule has 2 aromatic carbocycles. The van der Waals surface area contributed by atoms with Crippen molar-refractivity contribution in [2.45, 2.75) is 0 Å². The average Bonchev–Trinajstić information content (AvgIpc) is 2.72. The van der Waals surface area contributed by atoms with Crippen molar-refractivity contribution in [2.24, 2.45) is 4.99 Å². The second-order valence-corrected chi connectivity index (χ2v) is 7.85. The predicted octanol–water partition coefficient (Wildman–Crippen LogP) is 2.77. The number of H-pyrrole nitrogens is 1. The summed E-state index contributed by atoms with van der Waals surface area (Å²) in [6, 6.07) is 15.1. The molecule has 3 rings (SSSR count). The van der Waals surface area contributed by atoms with Crippen LogP contribution in [0.2, 0.25) is 0 Å². The number of rotatable bonds is 5. The maximum atomic E-state index is 12.4. The van der Waals surface area contributed by atoms with Crippen molar-refractivity contribution in [2.75, 3.05) is 30.2 Å². The average molecular weight is 443 g/mol. The number of aromatic amines is 1. The standard InChI is InChI=1S/C18H16N6O3.C2H6OS/c1-23(13-5-3-2-4-6-13)16-15(17(25)22-18(19)21-16)20-11-12-7-9-14(10-8-12)24(26)27;1-4(2)3/h2-11H,1H3,(H3,19,21,22,25);1-2H3. The molecule has 0 amide bonds. The third kappa shape index (κ3) is 6.85. The molecule has 0 fully saturated rings. The Balaban J connectivity index is 0.000000785. The van der Waals surface area contributed by atoms with Gasteiger partial charge in [-0.3, -0.25) is 24.1 Å². The Labute approximate surface area is 181 Å². The molecule has 0 aliphatic heterocycles. The normalized spacial score (nSPS) is 10.6. The van der Waals surface area contributed by atoms with E-state index in [4.69, 9.17) is 5.73 Å². The fourth-order valence-corrected chi connectivity index (χ4v) is 2.42. The number of benzene rings is 2. The van der Waals surface area contributed by atoms with Crippen molar-refractivity contribution in [1.29, 1.82) is 0 Å². The number of aliphatic imine (C=N–C) groups is 1. The van der Waals surface area contributed by atoms with E-state index in [2.05, 4.69) is 15.0 Å². The molecule has 0 saturated heterocycles. The number of hydrogen-bond donors (Lipinski definition) is 2. The second-order valence-electron chi connectivity index (χ2n) is 6.37. The number of nitrogens with two attached hydrogens (primary N) is 1. The number of non-ortho nitro benzene ring substituents is 1. The van der Waals surface area contributed by atoms with Crippen LogP contribution < -0.4 is 16.2 Å². The van der Waals surface area contributed by atoms with Crippen LogP contribution in [0.15, 0.2) is 64.4 Å². The lowest BCUT2D eigenvalue weighted by atomic mass is 10.2. The number of anilines is 3. The largest absolute Gasteiger partial charge is 0.369 e. The molecule has 0 aliphatic carbocycles. The first-order valence-electron chi connectivity index (χ1n) is 8.91. The lowest BCUT2D eigenvalue weighted by Gasteiger charge is -2.19. The zero-order valence-corrected chi connectivity index (χ0v) is 18.0. The monoisotopic (exact) mass is 442 g/mol. The van der Waals surface area contributed by atoms with Crippen molar-refractivity contribution < 1.29 is 9.13 Å². The number of nitrogens with one attached hydrogen (secondary N) is 1. The maximum Gasteiger partial charge on any atom is 0.280 e. The zero-order chi connectivity index (χ0) is 23.0. The van der Waals surface area contributed by atoms with E-state index in [-0.39, 0.29) is 17.3 Å². The summed E-state index contributed by atoms with van der Waals surface area (Å²) in [5.74, 6) is 0.271. The Kier molecular flexibility index (Phi) is 8.15. The number of nitro benzene ring substituents is 1. The van der Waals surface area contributed by atoms with Crippen LogP contribution in [0.1, 0.15) is 5.56 Å². The summed E-state index contributed by atoms with van der Waals surface area (Å²) in [4.78, 5) is 35.2. The SMILES string of the molecule is CN(c1ccccc1)c1nc(N)[nH]c(=O)c1N=Cc1ccc([N+](=O)[O-])cc1.CS(C)=O. The molecule has 0 spiro atoms. The van der Waals surface area contributed by atoms with E-state index in [9.17, 15) is 19.1 Å². The third-order valence-electron chi connectivity index (χ3n) is 3.80. The number of aromatic nitrogens is 2. The van der Waals surface area contributed by atoms with Gasteiger partial charge < -0.3 is 10.6 Å². The Bertz CT molecular complexity index is 1140. The molecule has 0 radical (unpaired) electrons. The molecule has 0 saturated carbocycles. The molecular weight excluding hydrogens is 420 g/mol. The van der Waals surface area contributed by atoms with E-state index in [0.29, 0.717) is 11.4 Å². The van der Waals surface area contributed by atoms with Gasteiger partial charge >= 0.3 is 0 Å². The topological polar surface area (TPSA) is 148 Å². The Morgan fingerprint density at radius 2 is 1.74 bits per heavy atom. The highest BCUT2D eigenvalue weighted by Gasteiger charge is 2.15. The molecular formula is C20H22N6O4S. The van der Waals surface area contributed by atoms with E-state index in [1.54, 1.807) is 36.6 Å². The van der Waals surface area contributed by atoms with Crippen LogP contribution in [-0.2, 0) is 10.8 Å². The number of nitro groups is 1. The molecule has 3 N–H and O–H groups in total. The summed E-state index contributed by atoms with van der Waals surface area (Å²) < 4.78 is 9.56. The molecule has 3 aromatic rings. The second kappa shape index (κ2) is 10.8. The summed E-state index contributed by atoms with van der Waals surface area (Å²) in [5, 5.41) is 10.7. The van der Waals surface area contributed by atoms with E-state index >= 15 is 0 Å². The molecule has 0 aliphatic rings. The number of nitrogens with zero attached hydrogens (tertiary/aromatic N) is 4. The number of nitrogen functional groups attached to an aromatic ring is 1. The van der Waals surface area contributed by atoms with Crippen LogP contribution in [0.3, 0.4) is 0 Å². The molecule has 1 heterocycles. The van der Waals surface area contributed by atoms with Gasteiger partial charge in [0.1, 0.15) is 0 Å². The summed E-state index contributed by atoms with van der Waals surface area (Å²) in [6.45, 7) is 0. The van der Waals surface area contributed by atoms with Gasteiger partial charge in [0.15, 0.2) is 11.5 Å². The highest BCUT2D eigenvalue weighted by molar-refractivity contribution is 7.83. The van der Waals surface area contributed by atoms with Gasteiger partial charge in [-0.1, -0.05) is 18.2 Å². The lowest BCUT2D eigenvalue weighted by Crippen LogP contribution is -2.19. The molecule has 1 aromatic heterocycles. The van der Waals surface area contributed by atoms with E-state index in [0.717, 1.165) is 5.69 Å². The van der Waals surface area contributed by atoms with Crippen molar-refractivity contribution in [3.05, 3.63) is 80.6 Å². The van der Waals surface area contributed by atoms with Crippen LogP contribution in [-0.4, -0.2) is 44.9 Å². The van der Waals surface area contributed by atoms with E-state index in [1.165, 1.54) is 18.3 Å². The van der Waals surface area contributed by atoms with Gasteiger partial charge in [0.05, 0.1) is 4.92 Å². The van der Waals surface area contributed by atoms with Gasteiger partial charge in [0.25, 0.3) is 11.2 Å². The van der Waals surface area contributed by atoms with E-state index < -0.39 is 21.3 Å². The Hall–Kier alpha value is -3.86. The summed E-state index contributed by atoms with van der Waals surface area (Å²) in [5.41, 5.74) is 6.66. The minimum absolute atomic E-state index is 0.0212. The minimum atomic E-state index is -0.611. The highest BCUT2D eigenvalue weighted by Crippen LogP contribution is 2.28. The number of para-hydroxylation sites is 1. The summed E-state index contributed by atoms with van der Waals surface area (Å²) >= 11 is 0. The first-order valence-corrected chi connectivity index (χ1v) is 10.9. The molecule has 31 heavy (non-hydrogen) atoms. The predicted molar refractivity (Wildman–Crippen MR) is 124 cm³/mol. The van der Waals surface area contributed by atoms with Crippen molar-refractivity contribution in [1.82, 2.24) is 9.97 Å². The van der Waals surface area contributed by atoms with Gasteiger partial charge in [-0.05, 0) is 29.8 Å². The Morgan fingerprint density at radius 3 is 2.29 bits per heavy atom. The fraction of sp³-hybridized carbons (Fsp3) is 0.150. The van der Waals surface area contributed by atoms with Crippen molar-refractivity contribution in [3.63, 3.8) is 0 Å². The summed E-state index contributed by atoms with van der Waals surface area (Å²) in [6.07, 6.45) is 4.72. The molecule has 10 nitrogen and oxygen atoms in total. The smallest absolute Gasteiger partial charge is 0.280 e. The first kappa shape index (κ1) is 23.4. The van der Waals surface area contributed by atoms with Crippen molar-refractivity contribution in [3.8, 4) is 0 Å². The van der Waals surface area contributed by atoms with Crippen LogP contribution in [0.4, 0.5) is 28.8 Å². The van der Waals surface area contributed by atoms with E-state index in [1.807, 2.05) is 30.3 Å². The van der Waals surface area contributed by atoms with Crippen molar-refractivity contribution >= 4 is 45.8 Å². The van der Waals surface area contributed by atoms with Crippen LogP contribution >= 0.6 is 0 Å². The van der Waals surface area contributed by atoms with Crippen LogP contribution in [0, 0.1) is 10.1 Å². The first-order chi connectivity index (χ1) is 14.7. The molecule has 162 valence electrons. The van der Waals surface area contributed by atoms with Gasteiger partial charge in [0, 0.05) is 54.4 Å². The third-order valence-corrected chi connectivity index (χ3v) is 3.80. The highest BCUT2D eigenvalue weighted by atomic mass is 32.2. The van der Waals surface area contributed by atoms with Gasteiger partial charge in [-0.25, -0.2) is 4.99 Å². The quantitative estimate of drug-likeness (QED) is 0.351. The molecule has 0 bridgehead atoms. The van der Waals surface area contributed by atoms with Crippen LogP contribution in [0.5, 0.6) is 0 Å². The fourth-order valence-electron chi connectivity index (χ4n) is 2.42.